The van der Waals surface area contributed by atoms with E-state index < -0.39 is 64.2 Å². The number of amides is 2. The van der Waals surface area contributed by atoms with Crippen molar-refractivity contribution in [3.05, 3.63) is 40.5 Å². The molecular formula is C20H18N2O10. The summed E-state index contributed by atoms with van der Waals surface area (Å²) in [5, 5.41) is 11.6. The van der Waals surface area contributed by atoms with Gasteiger partial charge in [0.05, 0.1) is 36.0 Å². The highest BCUT2D eigenvalue weighted by Crippen LogP contribution is 2.55. The van der Waals surface area contributed by atoms with Gasteiger partial charge >= 0.3 is 11.9 Å². The summed E-state index contributed by atoms with van der Waals surface area (Å²) >= 11 is 0. The number of rotatable bonds is 6. The fourth-order valence-electron chi connectivity index (χ4n) is 4.42. The van der Waals surface area contributed by atoms with Crippen LogP contribution in [0, 0.1) is 22.0 Å². The monoisotopic (exact) mass is 446 g/mol. The lowest BCUT2D eigenvalue weighted by molar-refractivity contribution is -0.384. The smallest absolute Gasteiger partial charge is 0.305 e. The summed E-state index contributed by atoms with van der Waals surface area (Å²) in [7, 11) is 1.32. The van der Waals surface area contributed by atoms with Crippen LogP contribution < -0.4 is 9.64 Å². The van der Waals surface area contributed by atoms with Gasteiger partial charge in [0, 0.05) is 13.8 Å². The molecule has 0 spiro atoms. The molecule has 3 aliphatic rings. The Hall–Kier alpha value is -3.80. The zero-order valence-corrected chi connectivity index (χ0v) is 17.2. The number of benzene rings is 1. The van der Waals surface area contributed by atoms with E-state index in [0.29, 0.717) is 0 Å². The van der Waals surface area contributed by atoms with Crippen molar-refractivity contribution in [2.24, 2.45) is 11.8 Å². The molecule has 1 aromatic rings. The Labute approximate surface area is 180 Å². The fraction of sp³-hybridized carbons (Fsp3) is 0.400. The van der Waals surface area contributed by atoms with E-state index in [9.17, 15) is 29.3 Å². The molecule has 168 valence electrons. The first-order chi connectivity index (χ1) is 15.1. The zero-order chi connectivity index (χ0) is 23.4. The Kier molecular flexibility index (Phi) is 4.96. The predicted octanol–water partition coefficient (Wildman–Crippen LogP) is 0.869. The van der Waals surface area contributed by atoms with Gasteiger partial charge in [0.15, 0.2) is 5.60 Å². The number of ether oxygens (including phenoxy) is 4. The van der Waals surface area contributed by atoms with Crippen molar-refractivity contribution in [2.75, 3.05) is 12.0 Å². The van der Waals surface area contributed by atoms with E-state index in [0.717, 1.165) is 24.8 Å². The summed E-state index contributed by atoms with van der Waals surface area (Å²) in [6, 6.07) is 3.73. The molecule has 0 saturated carbocycles. The summed E-state index contributed by atoms with van der Waals surface area (Å²) in [4.78, 5) is 61.6. The molecule has 32 heavy (non-hydrogen) atoms. The average molecular weight is 446 g/mol. The van der Waals surface area contributed by atoms with Crippen LogP contribution >= 0.6 is 0 Å². The highest BCUT2D eigenvalue weighted by molar-refractivity contribution is 6.24. The summed E-state index contributed by atoms with van der Waals surface area (Å²) in [6.07, 6.45) is 0.439. The fourth-order valence-corrected chi connectivity index (χ4v) is 4.42. The molecule has 2 amide bonds. The van der Waals surface area contributed by atoms with Gasteiger partial charge in [0.25, 0.3) is 12.0 Å². The van der Waals surface area contributed by atoms with Crippen LogP contribution in [-0.4, -0.2) is 53.8 Å². The number of anilines is 1. The van der Waals surface area contributed by atoms with E-state index in [2.05, 4.69) is 0 Å². The third kappa shape index (κ3) is 3.02. The first-order valence-electron chi connectivity index (χ1n) is 9.52. The van der Waals surface area contributed by atoms with Crippen LogP contribution in [0.25, 0.3) is 0 Å². The predicted molar refractivity (Wildman–Crippen MR) is 103 cm³/mol. The zero-order valence-electron chi connectivity index (χ0n) is 17.2. The van der Waals surface area contributed by atoms with Crippen LogP contribution in [-0.2, 0) is 33.4 Å². The number of nitro groups is 1. The highest BCUT2D eigenvalue weighted by atomic mass is 16.7. The number of fused-ring (bicyclic) bond motifs is 5. The Morgan fingerprint density at radius 1 is 1.19 bits per heavy atom. The molecule has 0 aliphatic carbocycles. The minimum Gasteiger partial charge on any atom is -0.496 e. The molecule has 4 rings (SSSR count). The highest BCUT2D eigenvalue weighted by Gasteiger charge is 2.72. The lowest BCUT2D eigenvalue weighted by Crippen LogP contribution is -2.52. The molecule has 3 heterocycles. The van der Waals surface area contributed by atoms with Gasteiger partial charge in [-0.1, -0.05) is 6.08 Å². The van der Waals surface area contributed by atoms with Crippen LogP contribution in [0.15, 0.2) is 30.4 Å². The summed E-state index contributed by atoms with van der Waals surface area (Å²) in [5.41, 5.74) is -2.47. The molecule has 12 nitrogen and oxygen atoms in total. The van der Waals surface area contributed by atoms with Gasteiger partial charge in [-0.25, -0.2) is 4.90 Å². The first-order valence-corrected chi connectivity index (χ1v) is 9.52. The number of nitrogens with zero attached hydrogens (tertiary/aromatic N) is 2. The third-order valence-electron chi connectivity index (χ3n) is 5.61. The van der Waals surface area contributed by atoms with Crippen molar-refractivity contribution in [1.29, 1.82) is 0 Å². The van der Waals surface area contributed by atoms with Crippen molar-refractivity contribution in [3.63, 3.8) is 0 Å². The maximum atomic E-state index is 13.5. The Morgan fingerprint density at radius 2 is 1.84 bits per heavy atom. The Bertz CT molecular complexity index is 1070. The lowest BCUT2D eigenvalue weighted by Gasteiger charge is -2.34. The SMILES string of the molecule is COc1ccc(N2C(=O)[C@H]3[C@H]4C=C[C@@](C(OC(C)=O)OC(C)=O)(O4)[C@H]3C2=O)c([N+](=O)[O-])c1. The first kappa shape index (κ1) is 21.4. The van der Waals surface area contributed by atoms with Gasteiger partial charge in [-0.05, 0) is 18.2 Å². The average Bonchev–Trinajstić information content (AvgIpc) is 3.37. The third-order valence-corrected chi connectivity index (χ3v) is 5.61. The molecular weight excluding hydrogens is 428 g/mol. The molecule has 12 heteroatoms. The number of imide groups is 1. The molecule has 0 radical (unpaired) electrons. The molecule has 2 fully saturated rings. The van der Waals surface area contributed by atoms with E-state index >= 15 is 0 Å². The van der Waals surface area contributed by atoms with Gasteiger partial charge in [-0.2, -0.15) is 0 Å². The molecule has 0 aromatic heterocycles. The van der Waals surface area contributed by atoms with Gasteiger partial charge < -0.3 is 18.9 Å². The number of carbonyl (C=O) groups excluding carboxylic acids is 4. The van der Waals surface area contributed by atoms with Crippen LogP contribution in [0.4, 0.5) is 11.4 Å². The maximum Gasteiger partial charge on any atom is 0.305 e. The number of esters is 2. The second-order valence-corrected chi connectivity index (χ2v) is 7.47. The van der Waals surface area contributed by atoms with Crippen molar-refractivity contribution in [1.82, 2.24) is 0 Å². The van der Waals surface area contributed by atoms with E-state index in [1.807, 2.05) is 0 Å². The molecule has 1 aromatic carbocycles. The summed E-state index contributed by atoms with van der Waals surface area (Å²) in [5.74, 6) is -5.20. The van der Waals surface area contributed by atoms with E-state index in [1.165, 1.54) is 31.4 Å². The van der Waals surface area contributed by atoms with Crippen molar-refractivity contribution >= 4 is 35.1 Å². The Morgan fingerprint density at radius 3 is 2.41 bits per heavy atom. The lowest BCUT2D eigenvalue weighted by atomic mass is 9.76. The van der Waals surface area contributed by atoms with Gasteiger partial charge in [0.2, 0.25) is 11.8 Å². The van der Waals surface area contributed by atoms with E-state index in [-0.39, 0.29) is 11.4 Å². The number of hydrogen-bond donors (Lipinski definition) is 0. The number of hydrogen-bond acceptors (Lipinski definition) is 10. The van der Waals surface area contributed by atoms with Gasteiger partial charge in [-0.15, -0.1) is 0 Å². The van der Waals surface area contributed by atoms with Crippen LogP contribution in [0.2, 0.25) is 0 Å². The molecule has 4 atom stereocenters. The van der Waals surface area contributed by atoms with Gasteiger partial charge in [-0.3, -0.25) is 29.3 Å². The Balaban J connectivity index is 1.78. The number of carbonyl (C=O) groups is 4. The second-order valence-electron chi connectivity index (χ2n) is 7.47. The molecule has 0 unspecified atom stereocenters. The molecule has 3 aliphatic heterocycles. The van der Waals surface area contributed by atoms with Crippen LogP contribution in [0.5, 0.6) is 5.75 Å². The number of nitro benzene ring substituents is 1. The topological polar surface area (TPSA) is 152 Å². The number of methoxy groups -OCH3 is 1. The van der Waals surface area contributed by atoms with Crippen LogP contribution in [0.3, 0.4) is 0 Å². The van der Waals surface area contributed by atoms with Crippen LogP contribution in [0.1, 0.15) is 13.8 Å². The molecule has 0 N–H and O–H groups in total. The standard InChI is InChI=1S/C20H18N2O10/c1-9(23)30-19(31-10(2)24)20-7-6-14(32-20)15-16(20)18(26)21(17(15)25)12-5-4-11(29-3)8-13(12)22(27)28/h4-8,14-16,19H,1-3H3/t14-,15+,16-,20-/m1/s1. The van der Waals surface area contributed by atoms with Crippen molar-refractivity contribution in [3.8, 4) is 5.75 Å². The van der Waals surface area contributed by atoms with Crippen molar-refractivity contribution in [2.45, 2.75) is 31.8 Å². The summed E-state index contributed by atoms with van der Waals surface area (Å²) < 4.78 is 21.1. The minimum absolute atomic E-state index is 0.172. The van der Waals surface area contributed by atoms with E-state index in [4.69, 9.17) is 18.9 Å². The minimum atomic E-state index is -1.74. The largest absolute Gasteiger partial charge is 0.496 e. The van der Waals surface area contributed by atoms with Gasteiger partial charge in [0.1, 0.15) is 11.4 Å². The van der Waals surface area contributed by atoms with E-state index in [1.54, 1.807) is 0 Å². The second kappa shape index (κ2) is 7.41. The normalized spacial score (nSPS) is 27.6. The molecule has 2 bridgehead atoms. The van der Waals surface area contributed by atoms with Crippen molar-refractivity contribution < 1.29 is 43.0 Å². The molecule has 2 saturated heterocycles. The maximum absolute atomic E-state index is 13.5. The quantitative estimate of drug-likeness (QED) is 0.154. The summed E-state index contributed by atoms with van der Waals surface area (Å²) in [6.45, 7) is 2.18.